The first-order chi connectivity index (χ1) is 41.2. The fourth-order valence-corrected chi connectivity index (χ4v) is 12.0. The largest absolute Gasteiger partial charge is 0.744 e. The molecule has 85 heavy (non-hydrogen) atoms. The zero-order chi connectivity index (χ0) is 58.8. The van der Waals surface area contributed by atoms with Gasteiger partial charge in [0, 0.05) is 91.2 Å². The van der Waals surface area contributed by atoms with E-state index in [9.17, 15) is 32.1 Å². The number of aromatic nitrogens is 1. The fraction of sp³-hybridized carbons (Fsp3) is 0.174. The molecule has 3 aliphatic heterocycles. The Labute approximate surface area is 492 Å². The van der Waals surface area contributed by atoms with Gasteiger partial charge in [-0.2, -0.15) is 4.57 Å². The lowest BCUT2D eigenvalue weighted by molar-refractivity contribution is -0.651. The molecule has 4 heterocycles. The molecule has 12 rings (SSSR count). The standard InChI is InChI=1S/C69H59N5O10S/c1-71-59-28-13-14-29-63(59)82-66(71)42-47-40-51(73(49-20-5-3-6-21-49)57-26-11-9-24-55(47)57)38-45-18-17-19-46(54(45)32-36-65(77)70-37-16-15-30-68(78)84-69-61(75)33-34-62(69)76)39-52-41-48(56-25-10-12-27-58(56)74(52)50-22-7-4-8-23-50)43-67-72(2)60-44-53(85(79,80)81)31-35-64(60)83-67/h3-14,17-29,31,35,38-44,54,69H,15-16,30,32-34,36-37H2,1-2H3,(H-,70,77,79,80,81). The summed E-state index contributed by atoms with van der Waals surface area (Å²) < 4.78 is 56.3. The van der Waals surface area contributed by atoms with Crippen LogP contribution in [0, 0.1) is 5.92 Å². The molecular weight excluding hydrogens is 1090 g/mol. The highest BCUT2D eigenvalue weighted by Gasteiger charge is 2.36. The molecule has 16 heteroatoms. The van der Waals surface area contributed by atoms with Crippen molar-refractivity contribution < 1.29 is 50.6 Å². The van der Waals surface area contributed by atoms with Gasteiger partial charge in [0.2, 0.25) is 23.5 Å². The SMILES string of the molecule is CN1/C(=C\C2=CC(=C\C3=CC=C/C(=C\C4=CC(=C/c5oc6ccccc6[n+]5C)/c5ccccc5N4c4ccccc4)C3CCC(=O)NCCCCC(=O)OC3C(=O)CCC3=O)/N(c3ccccc3)c3ccccc32)Oc2ccc(S(=O)(=O)[O-])cc21. The number of nitrogens with one attached hydrogen (secondary N) is 1. The number of hydrogen-bond donors (Lipinski definition) is 1. The number of anilines is 5. The Morgan fingerprint density at radius 1 is 0.741 bits per heavy atom. The predicted molar refractivity (Wildman–Crippen MR) is 325 cm³/mol. The Morgan fingerprint density at radius 2 is 1.41 bits per heavy atom. The molecular formula is C69H59N5O10S. The van der Waals surface area contributed by atoms with Crippen molar-refractivity contribution in [1.29, 1.82) is 0 Å². The third-order valence-electron chi connectivity index (χ3n) is 15.8. The molecule has 5 aliphatic rings. The molecule has 1 amide bonds. The number of rotatable bonds is 16. The highest BCUT2D eigenvalue weighted by atomic mass is 32.2. The minimum atomic E-state index is -4.73. The van der Waals surface area contributed by atoms with Crippen LogP contribution in [0.25, 0.3) is 28.3 Å². The van der Waals surface area contributed by atoms with Crippen molar-refractivity contribution in [3.05, 3.63) is 246 Å². The lowest BCUT2D eigenvalue weighted by Crippen LogP contribution is -2.29. The van der Waals surface area contributed by atoms with Crippen molar-refractivity contribution >= 4 is 90.3 Å². The minimum absolute atomic E-state index is 0.0111. The van der Waals surface area contributed by atoms with Crippen LogP contribution in [-0.4, -0.2) is 56.1 Å². The fourth-order valence-electron chi connectivity index (χ4n) is 11.5. The number of aryl methyl sites for hydroxylation is 1. The summed E-state index contributed by atoms with van der Waals surface area (Å²) in [5.74, 6) is -0.366. The normalized spacial score (nSPS) is 18.6. The number of allylic oxidation sites excluding steroid dienone is 12. The number of oxazole rings is 1. The van der Waals surface area contributed by atoms with Crippen molar-refractivity contribution in [3.63, 3.8) is 0 Å². The second-order valence-corrected chi connectivity index (χ2v) is 22.7. The average molecular weight is 1150 g/mol. The molecule has 0 saturated heterocycles. The number of Topliss-reactive ketones (excluding diaryl/α,β-unsaturated/α-hetero) is 2. The van der Waals surface area contributed by atoms with E-state index in [0.717, 1.165) is 78.7 Å². The van der Waals surface area contributed by atoms with Crippen molar-refractivity contribution in [2.45, 2.75) is 55.9 Å². The van der Waals surface area contributed by atoms with Crippen LogP contribution in [-0.2, 0) is 41.1 Å². The summed E-state index contributed by atoms with van der Waals surface area (Å²) in [4.78, 5) is 56.6. The zero-order valence-corrected chi connectivity index (χ0v) is 47.5. The summed E-state index contributed by atoms with van der Waals surface area (Å²) in [7, 11) is -0.977. The molecule has 7 aromatic rings. The maximum Gasteiger partial charge on any atom is 0.374 e. The van der Waals surface area contributed by atoms with Gasteiger partial charge in [-0.3, -0.25) is 19.2 Å². The van der Waals surface area contributed by atoms with Crippen LogP contribution in [0.2, 0.25) is 0 Å². The van der Waals surface area contributed by atoms with Crippen molar-refractivity contribution in [2.24, 2.45) is 13.0 Å². The van der Waals surface area contributed by atoms with Gasteiger partial charge in [0.05, 0.1) is 28.0 Å². The predicted octanol–water partition coefficient (Wildman–Crippen LogP) is 12.2. The number of para-hydroxylation sites is 6. The number of unbranched alkanes of at least 4 members (excludes halogenated alkanes) is 1. The number of fused-ring (bicyclic) bond motifs is 4. The number of esters is 1. The molecule has 6 aromatic carbocycles. The molecule has 0 bridgehead atoms. The molecule has 0 spiro atoms. The van der Waals surface area contributed by atoms with Crippen LogP contribution in [0.4, 0.5) is 28.4 Å². The molecule has 15 nitrogen and oxygen atoms in total. The van der Waals surface area contributed by atoms with Gasteiger partial charge >= 0.3 is 11.9 Å². The van der Waals surface area contributed by atoms with Crippen LogP contribution in [0.5, 0.6) is 5.75 Å². The molecule has 1 fully saturated rings. The maximum absolute atomic E-state index is 14.0. The summed E-state index contributed by atoms with van der Waals surface area (Å²) in [6.45, 7) is 0.307. The van der Waals surface area contributed by atoms with Crippen LogP contribution in [0.1, 0.15) is 62.0 Å². The number of benzene rings is 6. The molecule has 1 aromatic heterocycles. The molecule has 1 saturated carbocycles. The first kappa shape index (κ1) is 55.6. The van der Waals surface area contributed by atoms with Gasteiger partial charge in [0.1, 0.15) is 17.2 Å². The summed E-state index contributed by atoms with van der Waals surface area (Å²) in [6, 6.07) is 48.7. The number of ketones is 2. The monoisotopic (exact) mass is 1150 g/mol. The first-order valence-electron chi connectivity index (χ1n) is 28.2. The lowest BCUT2D eigenvalue weighted by Gasteiger charge is -2.34. The number of amides is 1. The van der Waals surface area contributed by atoms with Gasteiger partial charge in [-0.15, -0.1) is 0 Å². The van der Waals surface area contributed by atoms with E-state index in [4.69, 9.17) is 13.9 Å². The van der Waals surface area contributed by atoms with Crippen molar-refractivity contribution in [3.8, 4) is 5.75 Å². The smallest absolute Gasteiger partial charge is 0.374 e. The van der Waals surface area contributed by atoms with Gasteiger partial charge in [-0.25, -0.2) is 8.42 Å². The van der Waals surface area contributed by atoms with E-state index in [-0.39, 0.29) is 54.0 Å². The molecule has 0 radical (unpaired) electrons. The van der Waals surface area contributed by atoms with Crippen LogP contribution >= 0.6 is 0 Å². The highest BCUT2D eigenvalue weighted by Crippen LogP contribution is 2.47. The number of carbonyl (C=O) groups excluding carboxylic acids is 4. The quantitative estimate of drug-likeness (QED) is 0.0317. The number of hydrogen-bond acceptors (Lipinski definition) is 13. The molecule has 426 valence electrons. The van der Waals surface area contributed by atoms with Crippen LogP contribution in [0.15, 0.2) is 238 Å². The van der Waals surface area contributed by atoms with Gasteiger partial charge in [-0.1, -0.05) is 103 Å². The molecule has 1 atom stereocenters. The molecule has 1 unspecified atom stereocenters. The maximum atomic E-state index is 14.0. The molecule has 2 aliphatic carbocycles. The first-order valence-corrected chi connectivity index (χ1v) is 29.6. The van der Waals surface area contributed by atoms with Gasteiger partial charge in [0.15, 0.2) is 17.3 Å². The van der Waals surface area contributed by atoms with E-state index in [2.05, 4.69) is 100 Å². The Kier molecular flexibility index (Phi) is 15.5. The second-order valence-electron chi connectivity index (χ2n) is 21.3. The average Bonchev–Trinajstić information content (AvgIpc) is 2.35. The van der Waals surface area contributed by atoms with E-state index in [1.165, 1.54) is 18.2 Å². The minimum Gasteiger partial charge on any atom is -0.744 e. The Morgan fingerprint density at radius 3 is 2.14 bits per heavy atom. The Bertz CT molecular complexity index is 4210. The van der Waals surface area contributed by atoms with Gasteiger partial charge in [-0.05, 0) is 127 Å². The van der Waals surface area contributed by atoms with E-state index < -0.39 is 22.2 Å². The summed E-state index contributed by atoms with van der Waals surface area (Å²) in [5, 5.41) is 3.06. The third-order valence-corrected chi connectivity index (χ3v) is 16.6. The van der Waals surface area contributed by atoms with E-state index >= 15 is 0 Å². The van der Waals surface area contributed by atoms with E-state index in [1.807, 2.05) is 115 Å². The van der Waals surface area contributed by atoms with E-state index in [1.54, 1.807) is 11.9 Å². The number of ether oxygens (including phenoxy) is 2. The van der Waals surface area contributed by atoms with Crippen LogP contribution < -0.4 is 29.3 Å². The van der Waals surface area contributed by atoms with Crippen molar-refractivity contribution in [2.75, 3.05) is 28.3 Å². The Hall–Kier alpha value is -9.90. The summed E-state index contributed by atoms with van der Waals surface area (Å²) >= 11 is 0. The number of nitrogens with zero attached hydrogens (tertiary/aromatic N) is 4. The molecule has 1 N–H and O–H groups in total. The van der Waals surface area contributed by atoms with Gasteiger partial charge < -0.3 is 38.5 Å². The topological polar surface area (TPSA) is 183 Å². The third kappa shape index (κ3) is 11.6. The number of carbonyl (C=O) groups is 4. The second kappa shape index (κ2) is 23.8. The lowest BCUT2D eigenvalue weighted by atomic mass is 9.81. The zero-order valence-electron chi connectivity index (χ0n) is 46.7. The Balaban J connectivity index is 0.931. The van der Waals surface area contributed by atoms with Crippen molar-refractivity contribution in [1.82, 2.24) is 5.32 Å². The summed E-state index contributed by atoms with van der Waals surface area (Å²) in [5.41, 5.74) is 13.1. The highest BCUT2D eigenvalue weighted by molar-refractivity contribution is 7.85. The van der Waals surface area contributed by atoms with E-state index in [0.29, 0.717) is 49.0 Å². The van der Waals surface area contributed by atoms with Crippen LogP contribution in [0.3, 0.4) is 0 Å². The summed E-state index contributed by atoms with van der Waals surface area (Å²) in [6.07, 6.45) is 19.2. The van der Waals surface area contributed by atoms with Gasteiger partial charge in [0.25, 0.3) is 5.52 Å².